The van der Waals surface area contributed by atoms with Crippen LogP contribution in [0.4, 0.5) is 0 Å². The number of rotatable bonds is 6. The molecule has 2 aromatic carbocycles. The van der Waals surface area contributed by atoms with Crippen molar-refractivity contribution in [1.82, 2.24) is 25.7 Å². The van der Waals surface area contributed by atoms with Crippen molar-refractivity contribution < 1.29 is 5.11 Å². The Hall–Kier alpha value is -2.93. The summed E-state index contributed by atoms with van der Waals surface area (Å²) in [6.07, 6.45) is 9.87. The molecule has 0 radical (unpaired) electrons. The number of phenolic OH excluding ortho intramolecular Hbond substituents is 1. The molecule has 6 rings (SSSR count). The van der Waals surface area contributed by atoms with Crippen LogP contribution in [-0.4, -0.2) is 39.1 Å². The topological polar surface area (TPSA) is 76.2 Å². The fourth-order valence-electron chi connectivity index (χ4n) is 6.55. The first-order chi connectivity index (χ1) is 17.7. The van der Waals surface area contributed by atoms with Crippen LogP contribution in [0.5, 0.6) is 5.75 Å². The number of hydrogen-bond donors (Lipinski definition) is 4. The molecular weight excluding hydrogens is 446 g/mol. The van der Waals surface area contributed by atoms with E-state index in [0.29, 0.717) is 23.6 Å². The molecule has 1 saturated heterocycles. The van der Waals surface area contributed by atoms with Gasteiger partial charge >= 0.3 is 0 Å². The number of hydrazine groups is 1. The minimum Gasteiger partial charge on any atom is -0.508 e. The van der Waals surface area contributed by atoms with Crippen molar-refractivity contribution >= 4 is 5.57 Å². The molecule has 36 heavy (non-hydrogen) atoms. The van der Waals surface area contributed by atoms with Crippen LogP contribution < -0.4 is 10.9 Å². The number of hydrogen-bond acceptors (Lipinski definition) is 5. The average Bonchev–Trinajstić information content (AvgIpc) is 3.56. The molecule has 4 unspecified atom stereocenters. The fourth-order valence-corrected chi connectivity index (χ4v) is 6.55. The van der Waals surface area contributed by atoms with E-state index in [1.165, 1.54) is 28.7 Å². The molecule has 1 aromatic heterocycles. The van der Waals surface area contributed by atoms with Gasteiger partial charge in [-0.15, -0.1) is 0 Å². The Morgan fingerprint density at radius 3 is 2.83 bits per heavy atom. The number of aromatic amines is 1. The maximum absolute atomic E-state index is 9.92. The Kier molecular flexibility index (Phi) is 6.65. The number of imidazole rings is 1. The van der Waals surface area contributed by atoms with E-state index in [1.54, 1.807) is 0 Å². The van der Waals surface area contributed by atoms with Crippen molar-refractivity contribution in [1.29, 1.82) is 0 Å². The number of H-pyrrole nitrogens is 1. The Bertz CT molecular complexity index is 1220. The van der Waals surface area contributed by atoms with Crippen LogP contribution in [0.1, 0.15) is 72.8 Å². The second kappa shape index (κ2) is 10.2. The second-order valence-corrected chi connectivity index (χ2v) is 10.7. The monoisotopic (exact) mass is 483 g/mol. The zero-order valence-corrected chi connectivity index (χ0v) is 21.1. The summed E-state index contributed by atoms with van der Waals surface area (Å²) in [5.41, 5.74) is 13.7. The standard InChI is InChI=1S/C30H37N5O/c1-2-21-15-24(36)11-13-25(21)22-10-12-26-27(16-22)33-34-29(26)30-31-17-28(32-30)23-9-6-14-35(19-23)18-20-7-4-3-5-8-20/h3-5,7-9,11,13,15,17,22,26-27,29,33-34,36H,2,6,10,12,14,16,18-19H2,1H3,(H,31,32). The van der Waals surface area contributed by atoms with Crippen LogP contribution >= 0.6 is 0 Å². The molecular formula is C30H37N5O. The largest absolute Gasteiger partial charge is 0.508 e. The molecule has 0 spiro atoms. The maximum atomic E-state index is 9.92. The van der Waals surface area contributed by atoms with E-state index in [1.807, 2.05) is 18.3 Å². The SMILES string of the molecule is CCc1cc(O)ccc1C1CCC2C(C1)NNC2c1ncc(C2=CCCN(Cc3ccccc3)C2)[nH]1. The van der Waals surface area contributed by atoms with E-state index in [0.717, 1.165) is 56.8 Å². The molecule has 0 bridgehead atoms. The van der Waals surface area contributed by atoms with Crippen LogP contribution in [0, 0.1) is 5.92 Å². The van der Waals surface area contributed by atoms with Crippen LogP contribution in [-0.2, 0) is 13.0 Å². The molecule has 2 aliphatic heterocycles. The molecule has 6 heteroatoms. The van der Waals surface area contributed by atoms with Gasteiger partial charge < -0.3 is 10.1 Å². The minimum absolute atomic E-state index is 0.208. The molecule has 3 heterocycles. The summed E-state index contributed by atoms with van der Waals surface area (Å²) in [6, 6.07) is 17.3. The zero-order valence-electron chi connectivity index (χ0n) is 21.1. The van der Waals surface area contributed by atoms with Gasteiger partial charge in [0.15, 0.2) is 0 Å². The van der Waals surface area contributed by atoms with Gasteiger partial charge in [-0.3, -0.25) is 10.3 Å². The molecule has 1 aliphatic carbocycles. The number of fused-ring (bicyclic) bond motifs is 1. The third kappa shape index (κ3) is 4.73. The highest BCUT2D eigenvalue weighted by atomic mass is 16.3. The van der Waals surface area contributed by atoms with Crippen LogP contribution in [0.2, 0.25) is 0 Å². The molecule has 2 fully saturated rings. The summed E-state index contributed by atoms with van der Waals surface area (Å²) in [6.45, 7) is 5.21. The fraction of sp³-hybridized carbons (Fsp3) is 0.433. The minimum atomic E-state index is 0.208. The van der Waals surface area contributed by atoms with Gasteiger partial charge in [0.1, 0.15) is 11.6 Å². The molecule has 1 saturated carbocycles. The third-order valence-corrected chi connectivity index (χ3v) is 8.42. The van der Waals surface area contributed by atoms with Crippen molar-refractivity contribution in [3.8, 4) is 5.75 Å². The smallest absolute Gasteiger partial charge is 0.125 e. The molecule has 0 amide bonds. The van der Waals surface area contributed by atoms with Crippen LogP contribution in [0.25, 0.3) is 5.57 Å². The van der Waals surface area contributed by atoms with E-state index in [2.05, 4.69) is 70.1 Å². The first-order valence-corrected chi connectivity index (χ1v) is 13.5. The van der Waals surface area contributed by atoms with E-state index in [-0.39, 0.29) is 6.04 Å². The summed E-state index contributed by atoms with van der Waals surface area (Å²) < 4.78 is 0. The quantitative estimate of drug-likeness (QED) is 0.394. The molecule has 6 nitrogen and oxygen atoms in total. The lowest BCUT2D eigenvalue weighted by molar-refractivity contribution is 0.276. The van der Waals surface area contributed by atoms with E-state index in [4.69, 9.17) is 4.98 Å². The number of aromatic hydroxyl groups is 1. The van der Waals surface area contributed by atoms with Gasteiger partial charge in [0.2, 0.25) is 0 Å². The van der Waals surface area contributed by atoms with Crippen molar-refractivity contribution in [2.24, 2.45) is 5.92 Å². The Morgan fingerprint density at radius 1 is 1.08 bits per heavy atom. The lowest BCUT2D eigenvalue weighted by atomic mass is 9.73. The Morgan fingerprint density at radius 2 is 1.97 bits per heavy atom. The van der Waals surface area contributed by atoms with Crippen molar-refractivity contribution in [3.63, 3.8) is 0 Å². The summed E-state index contributed by atoms with van der Waals surface area (Å²) in [4.78, 5) is 11.0. The number of aryl methyl sites for hydroxylation is 1. The van der Waals surface area contributed by atoms with Crippen molar-refractivity contribution in [3.05, 3.63) is 89.0 Å². The summed E-state index contributed by atoms with van der Waals surface area (Å²) >= 11 is 0. The summed E-state index contributed by atoms with van der Waals surface area (Å²) in [5.74, 6) is 2.47. The highest BCUT2D eigenvalue weighted by molar-refractivity contribution is 5.64. The van der Waals surface area contributed by atoms with Gasteiger partial charge in [0.05, 0.1) is 17.9 Å². The number of nitrogens with zero attached hydrogens (tertiary/aromatic N) is 2. The molecule has 4 atom stereocenters. The molecule has 4 N–H and O–H groups in total. The number of phenols is 1. The zero-order chi connectivity index (χ0) is 24.5. The van der Waals surface area contributed by atoms with E-state index in [9.17, 15) is 5.11 Å². The Labute approximate surface area is 213 Å². The number of nitrogens with one attached hydrogen (secondary N) is 3. The van der Waals surface area contributed by atoms with Gasteiger partial charge in [-0.25, -0.2) is 10.4 Å². The lowest BCUT2D eigenvalue weighted by Gasteiger charge is -2.33. The highest BCUT2D eigenvalue weighted by Crippen LogP contribution is 2.44. The first-order valence-electron chi connectivity index (χ1n) is 13.5. The molecule has 3 aromatic rings. The highest BCUT2D eigenvalue weighted by Gasteiger charge is 2.42. The second-order valence-electron chi connectivity index (χ2n) is 10.7. The van der Waals surface area contributed by atoms with Gasteiger partial charge in [-0.1, -0.05) is 49.4 Å². The Balaban J connectivity index is 1.11. The van der Waals surface area contributed by atoms with Gasteiger partial charge in [0.25, 0.3) is 0 Å². The maximum Gasteiger partial charge on any atom is 0.125 e. The van der Waals surface area contributed by atoms with E-state index < -0.39 is 0 Å². The number of benzene rings is 2. The van der Waals surface area contributed by atoms with Gasteiger partial charge in [-0.2, -0.15) is 0 Å². The molecule has 3 aliphatic rings. The summed E-state index contributed by atoms with van der Waals surface area (Å²) in [7, 11) is 0. The number of aromatic nitrogens is 2. The average molecular weight is 484 g/mol. The third-order valence-electron chi connectivity index (χ3n) is 8.42. The predicted molar refractivity (Wildman–Crippen MR) is 143 cm³/mol. The van der Waals surface area contributed by atoms with Crippen LogP contribution in [0.15, 0.2) is 60.8 Å². The summed E-state index contributed by atoms with van der Waals surface area (Å²) in [5, 5.41) is 9.92. The first kappa shape index (κ1) is 23.5. The lowest BCUT2D eigenvalue weighted by Crippen LogP contribution is -2.35. The van der Waals surface area contributed by atoms with Crippen molar-refractivity contribution in [2.45, 2.75) is 63.6 Å². The normalized spacial score (nSPS) is 26.5. The van der Waals surface area contributed by atoms with Crippen LogP contribution in [0.3, 0.4) is 0 Å². The van der Waals surface area contributed by atoms with Gasteiger partial charge in [0, 0.05) is 25.7 Å². The van der Waals surface area contributed by atoms with Crippen molar-refractivity contribution in [2.75, 3.05) is 13.1 Å². The molecule has 188 valence electrons. The predicted octanol–water partition coefficient (Wildman–Crippen LogP) is 5.07. The van der Waals surface area contributed by atoms with E-state index >= 15 is 0 Å². The van der Waals surface area contributed by atoms with Gasteiger partial charge in [-0.05, 0) is 78.3 Å².